The minimum atomic E-state index is -0.116. The number of pyridine rings is 1. The summed E-state index contributed by atoms with van der Waals surface area (Å²) in [5.41, 5.74) is 7.43. The molecule has 0 spiro atoms. The molecule has 0 atom stereocenters. The Morgan fingerprint density at radius 1 is 1.19 bits per heavy atom. The average Bonchev–Trinajstić information content (AvgIpc) is 2.34. The Morgan fingerprint density at radius 2 is 1.86 bits per heavy atom. The average molecular weight is 389 g/mol. The Morgan fingerprint density at radius 3 is 2.48 bits per heavy atom. The van der Waals surface area contributed by atoms with Crippen LogP contribution in [0.25, 0.3) is 0 Å². The van der Waals surface area contributed by atoms with Crippen molar-refractivity contribution in [2.75, 3.05) is 0 Å². The molecule has 1 heterocycles. The normalized spacial score (nSPS) is 10.5. The van der Waals surface area contributed by atoms with Crippen molar-refractivity contribution in [2.45, 2.75) is 13.8 Å². The van der Waals surface area contributed by atoms with E-state index in [0.29, 0.717) is 37.3 Å². The van der Waals surface area contributed by atoms with Crippen LogP contribution in [-0.2, 0) is 0 Å². The minimum Gasteiger partial charge on any atom is -0.455 e. The first-order valence-electron chi connectivity index (χ1n) is 5.94. The van der Waals surface area contributed by atoms with Crippen molar-refractivity contribution in [2.24, 2.45) is 5.73 Å². The lowest BCUT2D eigenvalue weighted by molar-refractivity contribution is 0.479. The van der Waals surface area contributed by atoms with Crippen LogP contribution in [0.3, 0.4) is 0 Å². The van der Waals surface area contributed by atoms with Gasteiger partial charge in [-0.1, -0.05) is 23.2 Å². The second-order valence-electron chi connectivity index (χ2n) is 4.43. The lowest BCUT2D eigenvalue weighted by atomic mass is 10.1. The monoisotopic (exact) mass is 387 g/mol. The molecule has 1 aromatic heterocycles. The molecule has 1 aromatic carbocycles. The molecule has 0 aliphatic heterocycles. The van der Waals surface area contributed by atoms with Gasteiger partial charge >= 0.3 is 0 Å². The highest BCUT2D eigenvalue weighted by Crippen LogP contribution is 2.37. The van der Waals surface area contributed by atoms with Gasteiger partial charge in [-0.2, -0.15) is 0 Å². The molecule has 0 radical (unpaired) electrons. The zero-order chi connectivity index (χ0) is 15.7. The molecule has 0 fully saturated rings. The second kappa shape index (κ2) is 6.22. The number of amidine groups is 1. The lowest BCUT2D eigenvalue weighted by Gasteiger charge is -2.14. The molecule has 21 heavy (non-hydrogen) atoms. The number of aromatic nitrogens is 1. The Bertz CT molecular complexity index is 735. The maximum Gasteiger partial charge on any atom is 0.147 e. The van der Waals surface area contributed by atoms with Gasteiger partial charge in [-0.05, 0) is 35.8 Å². The summed E-state index contributed by atoms with van der Waals surface area (Å²) in [5.74, 6) is 0.694. The first-order valence-corrected chi connectivity index (χ1v) is 7.49. The summed E-state index contributed by atoms with van der Waals surface area (Å²) in [4.78, 5) is 4.28. The number of ether oxygens (including phenoxy) is 1. The molecule has 3 N–H and O–H groups in total. The van der Waals surface area contributed by atoms with Gasteiger partial charge in [0.25, 0.3) is 0 Å². The topological polar surface area (TPSA) is 72.0 Å². The largest absolute Gasteiger partial charge is 0.455 e. The van der Waals surface area contributed by atoms with Crippen LogP contribution in [0.1, 0.15) is 17.0 Å². The van der Waals surface area contributed by atoms with E-state index in [4.69, 9.17) is 39.1 Å². The number of aryl methyl sites for hydroxylation is 2. The molecule has 0 unspecified atom stereocenters. The van der Waals surface area contributed by atoms with Crippen LogP contribution >= 0.6 is 39.1 Å². The summed E-state index contributed by atoms with van der Waals surface area (Å²) in [6.45, 7) is 3.60. The molecular weight excluding hydrogens is 377 g/mol. The van der Waals surface area contributed by atoms with Gasteiger partial charge in [0.15, 0.2) is 0 Å². The van der Waals surface area contributed by atoms with Gasteiger partial charge in [-0.3, -0.25) is 10.4 Å². The third-order valence-corrected chi connectivity index (χ3v) is 4.25. The molecule has 2 aromatic rings. The van der Waals surface area contributed by atoms with Gasteiger partial charge in [0.05, 0.1) is 21.3 Å². The molecule has 7 heteroatoms. The summed E-state index contributed by atoms with van der Waals surface area (Å²) < 4.78 is 6.48. The maximum atomic E-state index is 7.67. The third kappa shape index (κ3) is 3.48. The van der Waals surface area contributed by atoms with Gasteiger partial charge in [0.1, 0.15) is 17.3 Å². The van der Waals surface area contributed by atoms with E-state index >= 15 is 0 Å². The van der Waals surface area contributed by atoms with Crippen molar-refractivity contribution in [3.63, 3.8) is 0 Å². The zero-order valence-corrected chi connectivity index (χ0v) is 14.4. The van der Waals surface area contributed by atoms with Crippen LogP contribution in [-0.4, -0.2) is 10.8 Å². The SMILES string of the molecule is Cc1cc(Oc2cc(Cl)c(Br)cc2Cl)c(C(=N)N)c(C)n1. The molecule has 0 aliphatic carbocycles. The fourth-order valence-corrected chi connectivity index (χ4v) is 2.73. The highest BCUT2D eigenvalue weighted by atomic mass is 79.9. The van der Waals surface area contributed by atoms with Crippen LogP contribution in [0.2, 0.25) is 10.0 Å². The number of nitrogens with one attached hydrogen (secondary N) is 1. The number of nitrogens with two attached hydrogens (primary N) is 1. The van der Waals surface area contributed by atoms with Crippen LogP contribution in [0.15, 0.2) is 22.7 Å². The Balaban J connectivity index is 2.54. The highest BCUT2D eigenvalue weighted by molar-refractivity contribution is 9.10. The van der Waals surface area contributed by atoms with E-state index < -0.39 is 0 Å². The summed E-state index contributed by atoms with van der Waals surface area (Å²) in [6.07, 6.45) is 0. The summed E-state index contributed by atoms with van der Waals surface area (Å²) in [6, 6.07) is 4.95. The maximum absolute atomic E-state index is 7.67. The Hall–Kier alpha value is -1.30. The molecule has 0 amide bonds. The molecular formula is C14H12BrCl2N3O. The number of rotatable bonds is 3. The van der Waals surface area contributed by atoms with E-state index in [1.165, 1.54) is 0 Å². The molecule has 110 valence electrons. The minimum absolute atomic E-state index is 0.116. The Kier molecular flexibility index (Phi) is 4.76. The second-order valence-corrected chi connectivity index (χ2v) is 6.10. The summed E-state index contributed by atoms with van der Waals surface area (Å²) in [7, 11) is 0. The third-order valence-electron chi connectivity index (χ3n) is 2.76. The number of hydrogen-bond donors (Lipinski definition) is 2. The van der Waals surface area contributed by atoms with Crippen LogP contribution in [0.5, 0.6) is 11.5 Å². The van der Waals surface area contributed by atoms with E-state index in [2.05, 4.69) is 20.9 Å². The van der Waals surface area contributed by atoms with Gasteiger partial charge < -0.3 is 10.5 Å². The predicted molar refractivity (Wildman–Crippen MR) is 89.0 cm³/mol. The molecule has 4 nitrogen and oxygen atoms in total. The van der Waals surface area contributed by atoms with E-state index in [-0.39, 0.29) is 5.84 Å². The number of halogens is 3. The molecule has 0 aliphatic rings. The van der Waals surface area contributed by atoms with Gasteiger partial charge in [-0.15, -0.1) is 0 Å². The fraction of sp³-hybridized carbons (Fsp3) is 0.143. The highest BCUT2D eigenvalue weighted by Gasteiger charge is 2.15. The molecule has 0 saturated heterocycles. The fourth-order valence-electron chi connectivity index (χ4n) is 1.90. The molecule has 2 rings (SSSR count). The number of nitrogens with zero attached hydrogens (tertiary/aromatic N) is 1. The summed E-state index contributed by atoms with van der Waals surface area (Å²) >= 11 is 15.5. The van der Waals surface area contributed by atoms with Crippen molar-refractivity contribution in [1.82, 2.24) is 4.98 Å². The molecule has 0 saturated carbocycles. The zero-order valence-electron chi connectivity index (χ0n) is 11.3. The number of nitrogen functional groups attached to an aromatic ring is 1. The van der Waals surface area contributed by atoms with Crippen molar-refractivity contribution in [1.29, 1.82) is 5.41 Å². The number of benzene rings is 1. The van der Waals surface area contributed by atoms with E-state index in [9.17, 15) is 0 Å². The van der Waals surface area contributed by atoms with Crippen LogP contribution in [0.4, 0.5) is 0 Å². The molecule has 0 bridgehead atoms. The standard InChI is InChI=1S/C14H12BrCl2N3O/c1-6-3-12(13(14(18)19)7(2)20-6)21-11-5-9(16)8(15)4-10(11)17/h3-5H,1-2H3,(H3,18,19). The van der Waals surface area contributed by atoms with Gasteiger partial charge in [-0.25, -0.2) is 0 Å². The first-order chi connectivity index (χ1) is 9.79. The van der Waals surface area contributed by atoms with Crippen molar-refractivity contribution >= 4 is 45.0 Å². The van der Waals surface area contributed by atoms with Crippen molar-refractivity contribution < 1.29 is 4.74 Å². The number of hydrogen-bond acceptors (Lipinski definition) is 3. The van der Waals surface area contributed by atoms with E-state index in [1.54, 1.807) is 25.1 Å². The van der Waals surface area contributed by atoms with Crippen molar-refractivity contribution in [3.8, 4) is 11.5 Å². The Labute approximate surface area is 140 Å². The quantitative estimate of drug-likeness (QED) is 0.448. The van der Waals surface area contributed by atoms with Crippen molar-refractivity contribution in [3.05, 3.63) is 49.7 Å². The van der Waals surface area contributed by atoms with Gasteiger partial charge in [0.2, 0.25) is 0 Å². The van der Waals surface area contributed by atoms with Crippen LogP contribution < -0.4 is 10.5 Å². The first kappa shape index (κ1) is 16.1. The smallest absolute Gasteiger partial charge is 0.147 e. The predicted octanol–water partition coefficient (Wildman–Crippen LogP) is 4.84. The van der Waals surface area contributed by atoms with Crippen LogP contribution in [0, 0.1) is 19.3 Å². The lowest BCUT2D eigenvalue weighted by Crippen LogP contribution is -2.15. The van der Waals surface area contributed by atoms with Gasteiger partial charge in [0, 0.05) is 22.3 Å². The summed E-state index contributed by atoms with van der Waals surface area (Å²) in [5, 5.41) is 8.54. The van der Waals surface area contributed by atoms with E-state index in [0.717, 1.165) is 5.69 Å². The van der Waals surface area contributed by atoms with E-state index in [1.807, 2.05) is 6.92 Å².